The molecule has 1 aliphatic rings. The van der Waals surface area contributed by atoms with Crippen molar-refractivity contribution in [1.82, 2.24) is 0 Å². The second-order valence-corrected chi connectivity index (χ2v) is 5.97. The number of nitrogens with zero attached hydrogens (tertiary/aromatic N) is 1. The molecular weight excluding hydrogens is 238 g/mol. The van der Waals surface area contributed by atoms with Gasteiger partial charge in [-0.1, -0.05) is 12.1 Å². The van der Waals surface area contributed by atoms with E-state index in [0.29, 0.717) is 5.75 Å². The summed E-state index contributed by atoms with van der Waals surface area (Å²) in [5.74, 6) is 0.658. The molecule has 0 bridgehead atoms. The third-order valence-electron chi connectivity index (χ3n) is 2.50. The molecule has 1 aliphatic heterocycles. The second kappa shape index (κ2) is 4.33. The van der Waals surface area contributed by atoms with E-state index in [2.05, 4.69) is 4.99 Å². The molecule has 5 heteroatoms. The SMILES string of the molecule is CC1=NC=C(COc2cccc(C)c2)S1(=O)=O. The van der Waals surface area contributed by atoms with Crippen molar-refractivity contribution in [2.24, 2.45) is 4.99 Å². The summed E-state index contributed by atoms with van der Waals surface area (Å²) in [5.41, 5.74) is 1.07. The van der Waals surface area contributed by atoms with Gasteiger partial charge in [0.05, 0.1) is 0 Å². The largest absolute Gasteiger partial charge is 0.488 e. The summed E-state index contributed by atoms with van der Waals surface area (Å²) in [6, 6.07) is 7.47. The lowest BCUT2D eigenvalue weighted by Gasteiger charge is -2.07. The van der Waals surface area contributed by atoms with Crippen LogP contribution in [0.3, 0.4) is 0 Å². The second-order valence-electron chi connectivity index (χ2n) is 3.85. The van der Waals surface area contributed by atoms with Crippen LogP contribution >= 0.6 is 0 Å². The van der Waals surface area contributed by atoms with E-state index in [4.69, 9.17) is 4.74 Å². The highest BCUT2D eigenvalue weighted by Crippen LogP contribution is 2.19. The Morgan fingerprint density at radius 2 is 2.06 bits per heavy atom. The quantitative estimate of drug-likeness (QED) is 0.826. The Labute approximate surface area is 101 Å². The molecule has 0 saturated carbocycles. The van der Waals surface area contributed by atoms with Crippen LogP contribution in [0.2, 0.25) is 0 Å². The van der Waals surface area contributed by atoms with Crippen LogP contribution in [0, 0.1) is 6.92 Å². The minimum Gasteiger partial charge on any atom is -0.488 e. The molecule has 0 atom stereocenters. The first-order chi connectivity index (χ1) is 8.00. The summed E-state index contributed by atoms with van der Waals surface area (Å²) in [4.78, 5) is 3.99. The van der Waals surface area contributed by atoms with Crippen molar-refractivity contribution in [1.29, 1.82) is 0 Å². The highest BCUT2D eigenvalue weighted by Gasteiger charge is 2.26. The first-order valence-corrected chi connectivity index (χ1v) is 6.66. The molecule has 0 radical (unpaired) electrons. The first kappa shape index (κ1) is 11.9. The molecule has 1 aromatic carbocycles. The number of hydrogen-bond donors (Lipinski definition) is 0. The van der Waals surface area contributed by atoms with Crippen LogP contribution in [0.4, 0.5) is 0 Å². The lowest BCUT2D eigenvalue weighted by Crippen LogP contribution is -2.14. The van der Waals surface area contributed by atoms with Gasteiger partial charge in [0.15, 0.2) is 0 Å². The van der Waals surface area contributed by atoms with Gasteiger partial charge in [0.25, 0.3) is 0 Å². The Morgan fingerprint density at radius 1 is 1.29 bits per heavy atom. The summed E-state index contributed by atoms with van der Waals surface area (Å²) in [6.45, 7) is 3.45. The number of hydrogen-bond acceptors (Lipinski definition) is 4. The van der Waals surface area contributed by atoms with Gasteiger partial charge in [-0.2, -0.15) is 0 Å². The first-order valence-electron chi connectivity index (χ1n) is 5.18. The number of aliphatic imine (C=N–C) groups is 1. The van der Waals surface area contributed by atoms with Gasteiger partial charge in [0.2, 0.25) is 9.84 Å². The average molecular weight is 251 g/mol. The van der Waals surface area contributed by atoms with Crippen molar-refractivity contribution in [2.45, 2.75) is 13.8 Å². The topological polar surface area (TPSA) is 55.7 Å². The average Bonchev–Trinajstić information content (AvgIpc) is 2.52. The molecule has 0 N–H and O–H groups in total. The predicted molar refractivity (Wildman–Crippen MR) is 66.8 cm³/mol. The molecule has 17 heavy (non-hydrogen) atoms. The number of rotatable bonds is 3. The standard InChI is InChI=1S/C12H13NO3S/c1-9-4-3-5-11(6-9)16-8-12-7-13-10(2)17(12,14)15/h3-7H,8H2,1-2H3. The molecule has 0 saturated heterocycles. The zero-order valence-corrected chi connectivity index (χ0v) is 10.5. The predicted octanol–water partition coefficient (Wildman–Crippen LogP) is 2.06. The molecule has 0 aliphatic carbocycles. The van der Waals surface area contributed by atoms with Gasteiger partial charge in [-0.15, -0.1) is 0 Å². The minimum atomic E-state index is -3.36. The number of sulfone groups is 1. The van der Waals surface area contributed by atoms with E-state index in [1.165, 1.54) is 13.1 Å². The van der Waals surface area contributed by atoms with Crippen LogP contribution in [0.25, 0.3) is 0 Å². The number of aryl methyl sites for hydroxylation is 1. The van der Waals surface area contributed by atoms with E-state index in [1.807, 2.05) is 25.1 Å². The van der Waals surface area contributed by atoms with Gasteiger partial charge in [-0.05, 0) is 31.5 Å². The van der Waals surface area contributed by atoms with Crippen LogP contribution in [0.1, 0.15) is 12.5 Å². The number of ether oxygens (including phenoxy) is 1. The van der Waals surface area contributed by atoms with E-state index in [-0.39, 0.29) is 16.6 Å². The summed E-state index contributed by atoms with van der Waals surface area (Å²) < 4.78 is 28.8. The third kappa shape index (κ3) is 2.39. The Kier molecular flexibility index (Phi) is 3.02. The van der Waals surface area contributed by atoms with Crippen LogP contribution in [0.5, 0.6) is 5.75 Å². The molecule has 90 valence electrons. The molecular formula is C12H13NO3S. The van der Waals surface area contributed by atoms with Crippen molar-refractivity contribution in [3.8, 4) is 5.75 Å². The van der Waals surface area contributed by atoms with Gasteiger partial charge < -0.3 is 4.74 Å². The Hall–Kier alpha value is -1.62. The lowest BCUT2D eigenvalue weighted by atomic mass is 10.2. The normalized spacial score (nSPS) is 17.5. The molecule has 0 aromatic heterocycles. The van der Waals surface area contributed by atoms with E-state index >= 15 is 0 Å². The van der Waals surface area contributed by atoms with Crippen LogP contribution in [-0.2, 0) is 9.84 Å². The van der Waals surface area contributed by atoms with Gasteiger partial charge in [-0.3, -0.25) is 0 Å². The summed E-state index contributed by atoms with van der Waals surface area (Å²) >= 11 is 0. The van der Waals surface area contributed by atoms with Crippen LogP contribution < -0.4 is 4.74 Å². The van der Waals surface area contributed by atoms with E-state index in [0.717, 1.165) is 5.56 Å². The lowest BCUT2D eigenvalue weighted by molar-refractivity contribution is 0.358. The fourth-order valence-electron chi connectivity index (χ4n) is 1.47. The Morgan fingerprint density at radius 3 is 2.65 bits per heavy atom. The summed E-state index contributed by atoms with van der Waals surface area (Å²) in [5, 5.41) is 0.125. The zero-order chi connectivity index (χ0) is 12.5. The Balaban J connectivity index is 2.07. The maximum absolute atomic E-state index is 11.7. The molecule has 4 nitrogen and oxygen atoms in total. The third-order valence-corrected chi connectivity index (χ3v) is 4.29. The molecule has 1 heterocycles. The monoisotopic (exact) mass is 251 g/mol. The van der Waals surface area contributed by atoms with Crippen molar-refractivity contribution < 1.29 is 13.2 Å². The molecule has 1 aromatic rings. The smallest absolute Gasteiger partial charge is 0.220 e. The molecule has 0 unspecified atom stereocenters. The maximum Gasteiger partial charge on any atom is 0.220 e. The van der Waals surface area contributed by atoms with Gasteiger partial charge in [0.1, 0.15) is 22.3 Å². The van der Waals surface area contributed by atoms with Crippen molar-refractivity contribution >= 4 is 14.9 Å². The van der Waals surface area contributed by atoms with Crippen LogP contribution in [-0.4, -0.2) is 20.1 Å². The maximum atomic E-state index is 11.7. The Bertz CT molecular complexity index is 600. The van der Waals surface area contributed by atoms with Crippen molar-refractivity contribution in [3.05, 3.63) is 40.9 Å². The fourth-order valence-corrected chi connectivity index (χ4v) is 2.44. The summed E-state index contributed by atoms with van der Waals surface area (Å²) in [6.07, 6.45) is 1.35. The van der Waals surface area contributed by atoms with Crippen molar-refractivity contribution in [2.75, 3.05) is 6.61 Å². The van der Waals surface area contributed by atoms with Gasteiger partial charge >= 0.3 is 0 Å². The summed E-state index contributed by atoms with van der Waals surface area (Å²) in [7, 11) is -3.36. The molecule has 0 spiro atoms. The van der Waals surface area contributed by atoms with E-state index in [1.54, 1.807) is 6.07 Å². The highest BCUT2D eigenvalue weighted by molar-refractivity contribution is 8.09. The van der Waals surface area contributed by atoms with Crippen molar-refractivity contribution in [3.63, 3.8) is 0 Å². The van der Waals surface area contributed by atoms with Gasteiger partial charge in [0, 0.05) is 6.20 Å². The number of benzene rings is 1. The molecule has 0 fully saturated rings. The fraction of sp³-hybridized carbons (Fsp3) is 0.250. The van der Waals surface area contributed by atoms with E-state index < -0.39 is 9.84 Å². The molecule has 2 rings (SSSR count). The highest BCUT2D eigenvalue weighted by atomic mass is 32.2. The zero-order valence-electron chi connectivity index (χ0n) is 9.67. The molecule has 0 amide bonds. The van der Waals surface area contributed by atoms with Crippen LogP contribution in [0.15, 0.2) is 40.4 Å². The minimum absolute atomic E-state index is 0.0205. The van der Waals surface area contributed by atoms with E-state index in [9.17, 15) is 8.42 Å². The van der Waals surface area contributed by atoms with Gasteiger partial charge in [-0.25, -0.2) is 13.4 Å².